The first-order valence-corrected chi connectivity index (χ1v) is 7.10. The zero-order valence-corrected chi connectivity index (χ0v) is 12.8. The lowest BCUT2D eigenvalue weighted by atomic mass is 9.99. The maximum atomic E-state index is 12.3. The lowest BCUT2D eigenvalue weighted by Crippen LogP contribution is -2.59. The predicted molar refractivity (Wildman–Crippen MR) is 80.7 cm³/mol. The summed E-state index contributed by atoms with van der Waals surface area (Å²) in [6.07, 6.45) is 0.480. The number of nitrogens with zero attached hydrogens (tertiary/aromatic N) is 2. The van der Waals surface area contributed by atoms with Crippen molar-refractivity contribution in [3.8, 4) is 0 Å². The lowest BCUT2D eigenvalue weighted by molar-refractivity contribution is -0.135. The van der Waals surface area contributed by atoms with Crippen LogP contribution in [0, 0.1) is 0 Å². The summed E-state index contributed by atoms with van der Waals surface area (Å²) in [5.74, 6) is 0.216. The fourth-order valence-corrected chi connectivity index (χ4v) is 2.50. The number of amides is 1. The van der Waals surface area contributed by atoms with Gasteiger partial charge in [0.25, 0.3) is 0 Å². The third-order valence-electron chi connectivity index (χ3n) is 3.96. The molecule has 1 aliphatic rings. The van der Waals surface area contributed by atoms with Gasteiger partial charge in [0.15, 0.2) is 0 Å². The number of carbonyl (C=O) groups excluding carboxylic acids is 1. The summed E-state index contributed by atoms with van der Waals surface area (Å²) in [6.45, 7) is 6.93. The van der Waals surface area contributed by atoms with Crippen LogP contribution in [0.25, 0.3) is 0 Å². The van der Waals surface area contributed by atoms with Crippen LogP contribution in [0.3, 0.4) is 0 Å². The molecule has 1 heterocycles. The lowest BCUT2D eigenvalue weighted by Gasteiger charge is -2.45. The second-order valence-electron chi connectivity index (χ2n) is 5.89. The SMILES string of the molecule is CN1CCN(C(=O)Cc2ccc(S)cc2)CC1(C)C. The van der Waals surface area contributed by atoms with Gasteiger partial charge in [0.05, 0.1) is 6.42 Å². The number of hydrogen-bond acceptors (Lipinski definition) is 3. The van der Waals surface area contributed by atoms with Crippen molar-refractivity contribution in [2.75, 3.05) is 26.7 Å². The zero-order chi connectivity index (χ0) is 14.0. The summed E-state index contributed by atoms with van der Waals surface area (Å²) in [5, 5.41) is 0. The summed E-state index contributed by atoms with van der Waals surface area (Å²) < 4.78 is 0. The van der Waals surface area contributed by atoms with E-state index in [4.69, 9.17) is 0 Å². The van der Waals surface area contributed by atoms with Gasteiger partial charge in [0.2, 0.25) is 5.91 Å². The highest BCUT2D eigenvalue weighted by Crippen LogP contribution is 2.19. The van der Waals surface area contributed by atoms with Crippen LogP contribution in [-0.4, -0.2) is 47.9 Å². The van der Waals surface area contributed by atoms with Gasteiger partial charge in [-0.05, 0) is 38.6 Å². The molecule has 1 saturated heterocycles. The van der Waals surface area contributed by atoms with Crippen LogP contribution >= 0.6 is 12.6 Å². The number of rotatable bonds is 2. The molecular formula is C15H22N2OS. The minimum atomic E-state index is 0.0584. The summed E-state index contributed by atoms with van der Waals surface area (Å²) in [5.41, 5.74) is 1.11. The molecule has 0 aliphatic carbocycles. The molecule has 1 fully saturated rings. The molecule has 2 rings (SSSR count). The minimum absolute atomic E-state index is 0.0584. The van der Waals surface area contributed by atoms with Crippen molar-refractivity contribution in [3.63, 3.8) is 0 Å². The molecule has 104 valence electrons. The Kier molecular flexibility index (Phi) is 4.21. The van der Waals surface area contributed by atoms with E-state index in [0.29, 0.717) is 6.42 Å². The van der Waals surface area contributed by atoms with E-state index >= 15 is 0 Å². The number of likely N-dealkylation sites (N-methyl/N-ethyl adjacent to an activating group) is 1. The number of thiol groups is 1. The number of piperazine rings is 1. The standard InChI is InChI=1S/C15H22N2OS/c1-15(2)11-17(9-8-16(15)3)14(18)10-12-4-6-13(19)7-5-12/h4-7,19H,8-11H2,1-3H3. The monoisotopic (exact) mass is 278 g/mol. The molecule has 1 aliphatic heterocycles. The van der Waals surface area contributed by atoms with E-state index in [1.807, 2.05) is 29.2 Å². The molecule has 3 nitrogen and oxygen atoms in total. The van der Waals surface area contributed by atoms with Crippen LogP contribution in [0.2, 0.25) is 0 Å². The van der Waals surface area contributed by atoms with E-state index in [9.17, 15) is 4.79 Å². The van der Waals surface area contributed by atoms with Crippen LogP contribution < -0.4 is 0 Å². The van der Waals surface area contributed by atoms with E-state index in [2.05, 4.69) is 38.4 Å². The molecule has 0 aromatic heterocycles. The summed E-state index contributed by atoms with van der Waals surface area (Å²) in [7, 11) is 2.12. The number of hydrogen-bond donors (Lipinski definition) is 1. The largest absolute Gasteiger partial charge is 0.339 e. The number of benzene rings is 1. The quantitative estimate of drug-likeness (QED) is 0.837. The summed E-state index contributed by atoms with van der Waals surface area (Å²) >= 11 is 4.26. The van der Waals surface area contributed by atoms with Gasteiger partial charge in [-0.2, -0.15) is 0 Å². The molecule has 0 radical (unpaired) electrons. The van der Waals surface area contributed by atoms with Crippen molar-refractivity contribution in [2.24, 2.45) is 0 Å². The van der Waals surface area contributed by atoms with Crippen LogP contribution in [0.15, 0.2) is 29.2 Å². The van der Waals surface area contributed by atoms with Crippen LogP contribution in [-0.2, 0) is 11.2 Å². The van der Waals surface area contributed by atoms with E-state index in [-0.39, 0.29) is 11.4 Å². The van der Waals surface area contributed by atoms with Crippen LogP contribution in [0.5, 0.6) is 0 Å². The van der Waals surface area contributed by atoms with Gasteiger partial charge in [-0.3, -0.25) is 9.69 Å². The van der Waals surface area contributed by atoms with E-state index < -0.39 is 0 Å². The Morgan fingerprint density at radius 1 is 1.26 bits per heavy atom. The molecule has 0 bridgehead atoms. The third kappa shape index (κ3) is 3.51. The Bertz CT molecular complexity index is 456. The van der Waals surface area contributed by atoms with Gasteiger partial charge in [0.1, 0.15) is 0 Å². The molecule has 0 N–H and O–H groups in total. The van der Waals surface area contributed by atoms with E-state index in [1.54, 1.807) is 0 Å². The second-order valence-corrected chi connectivity index (χ2v) is 6.41. The second kappa shape index (κ2) is 5.55. The molecule has 0 spiro atoms. The van der Waals surface area contributed by atoms with Crippen molar-refractivity contribution in [1.29, 1.82) is 0 Å². The Labute approximate surface area is 121 Å². The van der Waals surface area contributed by atoms with E-state index in [0.717, 1.165) is 30.1 Å². The Hall–Kier alpha value is -1.00. The van der Waals surface area contributed by atoms with Crippen molar-refractivity contribution in [2.45, 2.75) is 30.7 Å². The fraction of sp³-hybridized carbons (Fsp3) is 0.533. The first-order chi connectivity index (χ1) is 8.88. The number of carbonyl (C=O) groups is 1. The normalized spacial score (nSPS) is 19.5. The van der Waals surface area contributed by atoms with Crippen LogP contribution in [0.1, 0.15) is 19.4 Å². The van der Waals surface area contributed by atoms with Gasteiger partial charge in [0, 0.05) is 30.1 Å². The average Bonchev–Trinajstić information content (AvgIpc) is 2.35. The predicted octanol–water partition coefficient (Wildman–Crippen LogP) is 2.07. The smallest absolute Gasteiger partial charge is 0.227 e. The van der Waals surface area contributed by atoms with E-state index in [1.165, 1.54) is 0 Å². The Morgan fingerprint density at radius 2 is 1.89 bits per heavy atom. The first-order valence-electron chi connectivity index (χ1n) is 6.65. The van der Waals surface area contributed by atoms with Gasteiger partial charge in [-0.15, -0.1) is 12.6 Å². The Balaban J connectivity index is 1.99. The highest BCUT2D eigenvalue weighted by Gasteiger charge is 2.32. The molecule has 1 aromatic carbocycles. The van der Waals surface area contributed by atoms with Crippen molar-refractivity contribution >= 4 is 18.5 Å². The summed E-state index contributed by atoms with van der Waals surface area (Å²) in [6, 6.07) is 7.81. The molecule has 0 atom stereocenters. The zero-order valence-electron chi connectivity index (χ0n) is 11.9. The van der Waals surface area contributed by atoms with Crippen molar-refractivity contribution in [3.05, 3.63) is 29.8 Å². The summed E-state index contributed by atoms with van der Waals surface area (Å²) in [4.78, 5) is 17.6. The highest BCUT2D eigenvalue weighted by molar-refractivity contribution is 7.80. The maximum absolute atomic E-state index is 12.3. The van der Waals surface area contributed by atoms with Crippen LogP contribution in [0.4, 0.5) is 0 Å². The van der Waals surface area contributed by atoms with Gasteiger partial charge < -0.3 is 4.90 Å². The van der Waals surface area contributed by atoms with Crippen molar-refractivity contribution in [1.82, 2.24) is 9.80 Å². The van der Waals surface area contributed by atoms with Gasteiger partial charge in [-0.25, -0.2) is 0 Å². The van der Waals surface area contributed by atoms with Gasteiger partial charge >= 0.3 is 0 Å². The molecular weight excluding hydrogens is 256 g/mol. The van der Waals surface area contributed by atoms with Crippen molar-refractivity contribution < 1.29 is 4.79 Å². The third-order valence-corrected chi connectivity index (χ3v) is 4.26. The molecule has 4 heteroatoms. The first kappa shape index (κ1) is 14.4. The Morgan fingerprint density at radius 3 is 2.47 bits per heavy atom. The molecule has 1 aromatic rings. The topological polar surface area (TPSA) is 23.6 Å². The molecule has 0 unspecified atom stereocenters. The molecule has 1 amide bonds. The molecule has 0 saturated carbocycles. The average molecular weight is 278 g/mol. The minimum Gasteiger partial charge on any atom is -0.339 e. The maximum Gasteiger partial charge on any atom is 0.227 e. The van der Waals surface area contributed by atoms with Gasteiger partial charge in [-0.1, -0.05) is 12.1 Å². The molecule has 19 heavy (non-hydrogen) atoms. The highest BCUT2D eigenvalue weighted by atomic mass is 32.1. The fourth-order valence-electron chi connectivity index (χ4n) is 2.35.